The second-order valence-electron chi connectivity index (χ2n) is 6.57. The fourth-order valence-corrected chi connectivity index (χ4v) is 3.54. The van der Waals surface area contributed by atoms with Crippen LogP contribution in [0.15, 0.2) is 35.3 Å². The maximum Gasteiger partial charge on any atom is 0.387 e. The smallest absolute Gasteiger partial charge is 0.387 e. The van der Waals surface area contributed by atoms with Crippen LogP contribution in [0.1, 0.15) is 12.0 Å². The van der Waals surface area contributed by atoms with E-state index in [1.165, 1.54) is 13.2 Å². The van der Waals surface area contributed by atoms with Gasteiger partial charge in [0.05, 0.1) is 7.11 Å². The summed E-state index contributed by atoms with van der Waals surface area (Å²) in [6, 6.07) is 5.43. The molecule has 1 N–H and O–H groups in total. The number of aliphatic imine (C=N–C) groups is 1. The molecule has 1 fully saturated rings. The first-order valence-electron chi connectivity index (χ1n) is 9.07. The molecule has 2 aliphatic heterocycles. The van der Waals surface area contributed by atoms with Crippen molar-refractivity contribution in [2.45, 2.75) is 25.6 Å². The molecule has 0 bridgehead atoms. The maximum atomic E-state index is 12.7. The number of nitrogens with one attached hydrogen (secondary N) is 1. The van der Waals surface area contributed by atoms with Crippen molar-refractivity contribution >= 4 is 29.9 Å². The number of ether oxygens (including phenoxy) is 2. The number of benzene rings is 1. The van der Waals surface area contributed by atoms with Gasteiger partial charge in [-0.3, -0.25) is 9.89 Å². The number of rotatable bonds is 6. The van der Waals surface area contributed by atoms with Gasteiger partial charge in [-0.1, -0.05) is 12.2 Å². The highest BCUT2D eigenvalue weighted by Gasteiger charge is 2.29. The van der Waals surface area contributed by atoms with E-state index >= 15 is 0 Å². The minimum atomic E-state index is -2.89. The Morgan fingerprint density at radius 3 is 2.71 bits per heavy atom. The molecule has 0 aliphatic carbocycles. The zero-order chi connectivity index (χ0) is 19.2. The lowest BCUT2D eigenvalue weighted by atomic mass is 10.2. The van der Waals surface area contributed by atoms with Gasteiger partial charge in [-0.15, -0.1) is 24.0 Å². The summed E-state index contributed by atoms with van der Waals surface area (Å²) in [7, 11) is 3.22. The molecule has 1 unspecified atom stereocenters. The first-order chi connectivity index (χ1) is 13.1. The SMILES string of the molecule is CN=C(NCc1ccc(OC)cc1OC(F)F)N1CCC(N2CC=CC2)C1.I. The summed E-state index contributed by atoms with van der Waals surface area (Å²) in [4.78, 5) is 9.01. The summed E-state index contributed by atoms with van der Waals surface area (Å²) in [6.45, 7) is 1.29. The molecule has 2 heterocycles. The zero-order valence-electron chi connectivity index (χ0n) is 16.1. The van der Waals surface area contributed by atoms with Gasteiger partial charge in [0.15, 0.2) is 5.96 Å². The Kier molecular flexibility index (Phi) is 8.74. The fourth-order valence-electron chi connectivity index (χ4n) is 3.54. The van der Waals surface area contributed by atoms with E-state index in [9.17, 15) is 8.78 Å². The normalized spacial score (nSPS) is 19.8. The third-order valence-corrected chi connectivity index (χ3v) is 4.96. The number of guanidine groups is 1. The van der Waals surface area contributed by atoms with Crippen LogP contribution in [0, 0.1) is 0 Å². The summed E-state index contributed by atoms with van der Waals surface area (Å²) in [5.74, 6) is 1.35. The van der Waals surface area contributed by atoms with Gasteiger partial charge in [0, 0.05) is 57.4 Å². The highest BCUT2D eigenvalue weighted by Crippen LogP contribution is 2.26. The number of halogens is 3. The molecule has 0 spiro atoms. The Hall–Kier alpha value is -1.62. The molecule has 28 heavy (non-hydrogen) atoms. The number of nitrogens with zero attached hydrogens (tertiary/aromatic N) is 3. The first-order valence-corrected chi connectivity index (χ1v) is 9.07. The number of hydrogen-bond acceptors (Lipinski definition) is 4. The van der Waals surface area contributed by atoms with E-state index in [1.54, 1.807) is 19.2 Å². The van der Waals surface area contributed by atoms with Gasteiger partial charge < -0.3 is 19.7 Å². The van der Waals surface area contributed by atoms with E-state index in [2.05, 4.69) is 37.0 Å². The molecule has 9 heteroatoms. The molecule has 1 atom stereocenters. The van der Waals surface area contributed by atoms with Gasteiger partial charge in [0.25, 0.3) is 0 Å². The van der Waals surface area contributed by atoms with Gasteiger partial charge in [0.2, 0.25) is 0 Å². The van der Waals surface area contributed by atoms with Gasteiger partial charge in [-0.05, 0) is 18.6 Å². The summed E-state index contributed by atoms with van der Waals surface area (Å²) in [5.41, 5.74) is 0.622. The molecule has 2 aliphatic rings. The van der Waals surface area contributed by atoms with Crippen molar-refractivity contribution in [3.8, 4) is 11.5 Å². The van der Waals surface area contributed by atoms with Crippen molar-refractivity contribution < 1.29 is 18.3 Å². The molecule has 1 saturated heterocycles. The second-order valence-corrected chi connectivity index (χ2v) is 6.57. The van der Waals surface area contributed by atoms with E-state index in [0.29, 0.717) is 23.9 Å². The fraction of sp³-hybridized carbons (Fsp3) is 0.526. The van der Waals surface area contributed by atoms with Gasteiger partial charge >= 0.3 is 6.61 Å². The van der Waals surface area contributed by atoms with Crippen molar-refractivity contribution in [1.29, 1.82) is 0 Å². The van der Waals surface area contributed by atoms with E-state index in [4.69, 9.17) is 4.74 Å². The van der Waals surface area contributed by atoms with E-state index in [0.717, 1.165) is 38.6 Å². The largest absolute Gasteiger partial charge is 0.497 e. The third kappa shape index (κ3) is 5.69. The quantitative estimate of drug-likeness (QED) is 0.277. The Morgan fingerprint density at radius 1 is 1.32 bits per heavy atom. The van der Waals surface area contributed by atoms with Crippen molar-refractivity contribution in [1.82, 2.24) is 15.1 Å². The van der Waals surface area contributed by atoms with Crippen molar-refractivity contribution in [2.75, 3.05) is 40.3 Å². The zero-order valence-corrected chi connectivity index (χ0v) is 18.4. The minimum Gasteiger partial charge on any atom is -0.497 e. The number of likely N-dealkylation sites (tertiary alicyclic amines) is 1. The molecular formula is C19H27F2IN4O2. The van der Waals surface area contributed by atoms with Crippen LogP contribution < -0.4 is 14.8 Å². The lowest BCUT2D eigenvalue weighted by molar-refractivity contribution is -0.0505. The predicted octanol–water partition coefficient (Wildman–Crippen LogP) is 2.94. The van der Waals surface area contributed by atoms with E-state index in [-0.39, 0.29) is 29.7 Å². The summed E-state index contributed by atoms with van der Waals surface area (Å²) >= 11 is 0. The Balaban J connectivity index is 0.00000280. The van der Waals surface area contributed by atoms with Crippen LogP contribution in [-0.4, -0.2) is 68.7 Å². The van der Waals surface area contributed by atoms with Crippen LogP contribution in [0.25, 0.3) is 0 Å². The molecule has 1 aromatic carbocycles. The van der Waals surface area contributed by atoms with Crippen molar-refractivity contribution in [3.05, 3.63) is 35.9 Å². The predicted molar refractivity (Wildman–Crippen MR) is 116 cm³/mol. The Bertz CT molecular complexity index is 695. The molecule has 0 saturated carbocycles. The van der Waals surface area contributed by atoms with Gasteiger partial charge in [-0.25, -0.2) is 0 Å². The molecule has 1 aromatic rings. The minimum absolute atomic E-state index is 0. The standard InChI is InChI=1S/C19H26F2N4O2.HI/c1-22-19(25-10-7-15(13-25)24-8-3-4-9-24)23-12-14-5-6-16(26-2)11-17(14)27-18(20)21;/h3-6,11,15,18H,7-10,12-13H2,1-2H3,(H,22,23);1H. The lowest BCUT2D eigenvalue weighted by Gasteiger charge is -2.25. The second kappa shape index (κ2) is 10.8. The average molecular weight is 508 g/mol. The van der Waals surface area contributed by atoms with Gasteiger partial charge in [-0.2, -0.15) is 8.78 Å². The highest BCUT2D eigenvalue weighted by atomic mass is 127. The monoisotopic (exact) mass is 508 g/mol. The molecular weight excluding hydrogens is 481 g/mol. The van der Waals surface area contributed by atoms with E-state index in [1.807, 2.05) is 0 Å². The van der Waals surface area contributed by atoms with Gasteiger partial charge in [0.1, 0.15) is 11.5 Å². The lowest BCUT2D eigenvalue weighted by Crippen LogP contribution is -2.42. The first kappa shape index (κ1) is 22.7. The van der Waals surface area contributed by atoms with Crippen LogP contribution >= 0.6 is 24.0 Å². The van der Waals surface area contributed by atoms with Crippen molar-refractivity contribution in [2.24, 2.45) is 4.99 Å². The summed E-state index contributed by atoms with van der Waals surface area (Å²) in [5, 5.41) is 3.27. The van der Waals surface area contributed by atoms with Crippen LogP contribution in [0.5, 0.6) is 11.5 Å². The molecule has 156 valence electrons. The summed E-state index contributed by atoms with van der Waals surface area (Å²) < 4.78 is 35.2. The average Bonchev–Trinajstić information content (AvgIpc) is 3.34. The van der Waals surface area contributed by atoms with Crippen LogP contribution in [0.2, 0.25) is 0 Å². The molecule has 6 nitrogen and oxygen atoms in total. The van der Waals surface area contributed by atoms with Crippen LogP contribution in [0.4, 0.5) is 8.78 Å². The maximum absolute atomic E-state index is 12.7. The number of alkyl halides is 2. The summed E-state index contributed by atoms with van der Waals surface area (Å²) in [6.07, 6.45) is 5.48. The van der Waals surface area contributed by atoms with Crippen LogP contribution in [-0.2, 0) is 6.54 Å². The Morgan fingerprint density at radius 2 is 2.07 bits per heavy atom. The molecule has 3 rings (SSSR count). The van der Waals surface area contributed by atoms with E-state index < -0.39 is 6.61 Å². The molecule has 0 aromatic heterocycles. The topological polar surface area (TPSA) is 49.3 Å². The molecule has 0 amide bonds. The Labute approximate surface area is 181 Å². The number of methoxy groups -OCH3 is 1. The third-order valence-electron chi connectivity index (χ3n) is 4.96. The van der Waals surface area contributed by atoms with Crippen LogP contribution in [0.3, 0.4) is 0 Å². The highest BCUT2D eigenvalue weighted by molar-refractivity contribution is 14.0. The van der Waals surface area contributed by atoms with Crippen molar-refractivity contribution in [3.63, 3.8) is 0 Å². The molecule has 0 radical (unpaired) electrons. The number of hydrogen-bond donors (Lipinski definition) is 1.